The topological polar surface area (TPSA) is 21.8 Å². The minimum Gasteiger partial charge on any atom is -0.371 e. The maximum absolute atomic E-state index is 11.8. The molecule has 1 aliphatic heterocycles. The molecule has 1 fully saturated rings. The molecule has 1 unspecified atom stereocenters. The van der Waals surface area contributed by atoms with Gasteiger partial charge < -0.3 is 9.47 Å². The molecule has 8 heteroatoms. The molecule has 1 aliphatic rings. The first-order valence-electron chi connectivity index (χ1n) is 3.58. The summed E-state index contributed by atoms with van der Waals surface area (Å²) in [5.74, 6) is 0. The lowest BCUT2D eigenvalue weighted by atomic mass is 10.3. The van der Waals surface area contributed by atoms with Crippen LogP contribution in [0.3, 0.4) is 0 Å². The van der Waals surface area contributed by atoms with Crippen molar-refractivity contribution in [3.63, 3.8) is 0 Å². The van der Waals surface area contributed by atoms with E-state index in [0.29, 0.717) is 0 Å². The predicted molar refractivity (Wildman–Crippen MR) is 31.6 cm³/mol. The number of halogens is 6. The minimum absolute atomic E-state index is 0.141. The Bertz CT molecular complexity index is 179. The second-order valence-electron chi connectivity index (χ2n) is 2.75. The molecule has 0 spiro atoms. The van der Waals surface area contributed by atoms with Crippen molar-refractivity contribution >= 4 is 0 Å². The lowest BCUT2D eigenvalue weighted by Gasteiger charge is -2.22. The molecule has 1 atom stereocenters. The predicted octanol–water partition coefficient (Wildman–Crippen LogP) is 1.90. The van der Waals surface area contributed by atoms with Gasteiger partial charge in [0, 0.05) is 0 Å². The van der Waals surface area contributed by atoms with E-state index >= 15 is 0 Å². The van der Waals surface area contributed by atoms with Crippen LogP contribution in [-0.2, 0) is 9.47 Å². The quantitative estimate of drug-likeness (QED) is 0.539. The third-order valence-electron chi connectivity index (χ3n) is 1.45. The highest BCUT2D eigenvalue weighted by atomic mass is 19.4. The largest absolute Gasteiger partial charge is 0.423 e. The molecule has 14 heavy (non-hydrogen) atoms. The molecular formula is C6H6F6O2. The van der Waals surface area contributed by atoms with Crippen molar-refractivity contribution in [2.75, 3.05) is 13.2 Å². The molecule has 2 nitrogen and oxygen atoms in total. The van der Waals surface area contributed by atoms with E-state index in [1.54, 1.807) is 0 Å². The third kappa shape index (κ3) is 3.33. The van der Waals surface area contributed by atoms with Crippen molar-refractivity contribution in [1.29, 1.82) is 0 Å². The summed E-state index contributed by atoms with van der Waals surface area (Å²) in [5.41, 5.74) is 0. The Morgan fingerprint density at radius 3 is 1.86 bits per heavy atom. The van der Waals surface area contributed by atoms with Crippen molar-refractivity contribution < 1.29 is 35.8 Å². The van der Waals surface area contributed by atoms with E-state index in [-0.39, 0.29) is 6.61 Å². The summed E-state index contributed by atoms with van der Waals surface area (Å²) in [5, 5.41) is 0. The number of hydrogen-bond donors (Lipinski definition) is 0. The number of rotatable bonds is 3. The Labute approximate surface area is 74.8 Å². The van der Waals surface area contributed by atoms with Crippen molar-refractivity contribution in [3.05, 3.63) is 0 Å². The maximum atomic E-state index is 11.8. The van der Waals surface area contributed by atoms with Crippen LogP contribution in [0.15, 0.2) is 0 Å². The lowest BCUT2D eigenvalue weighted by molar-refractivity contribution is -0.322. The zero-order valence-electron chi connectivity index (χ0n) is 6.65. The first-order chi connectivity index (χ1) is 6.21. The molecule has 84 valence electrons. The first-order valence-corrected chi connectivity index (χ1v) is 3.58. The van der Waals surface area contributed by atoms with Crippen LogP contribution in [0.5, 0.6) is 0 Å². The van der Waals surface area contributed by atoms with Gasteiger partial charge in [-0.25, -0.2) is 0 Å². The van der Waals surface area contributed by atoms with Crippen molar-refractivity contribution in [1.82, 2.24) is 0 Å². The van der Waals surface area contributed by atoms with Gasteiger partial charge in [0.25, 0.3) is 0 Å². The van der Waals surface area contributed by atoms with Gasteiger partial charge in [-0.2, -0.15) is 26.3 Å². The third-order valence-corrected chi connectivity index (χ3v) is 1.45. The van der Waals surface area contributed by atoms with Crippen molar-refractivity contribution in [3.8, 4) is 0 Å². The molecule has 0 aromatic rings. The summed E-state index contributed by atoms with van der Waals surface area (Å²) < 4.78 is 79.0. The number of epoxide rings is 1. The molecule has 0 amide bonds. The van der Waals surface area contributed by atoms with Gasteiger partial charge in [0.2, 0.25) is 6.10 Å². The Balaban J connectivity index is 2.51. The van der Waals surface area contributed by atoms with E-state index in [4.69, 9.17) is 0 Å². The average molecular weight is 224 g/mol. The summed E-state index contributed by atoms with van der Waals surface area (Å²) in [6, 6.07) is 0. The number of alkyl halides is 6. The fourth-order valence-electron chi connectivity index (χ4n) is 0.742. The van der Waals surface area contributed by atoms with E-state index in [1.165, 1.54) is 0 Å². The zero-order valence-corrected chi connectivity index (χ0v) is 6.65. The monoisotopic (exact) mass is 224 g/mol. The van der Waals surface area contributed by atoms with Gasteiger partial charge >= 0.3 is 12.4 Å². The Morgan fingerprint density at radius 1 is 1.14 bits per heavy atom. The summed E-state index contributed by atoms with van der Waals surface area (Å²) >= 11 is 0. The summed E-state index contributed by atoms with van der Waals surface area (Å²) in [6.45, 7) is -0.549. The highest BCUT2D eigenvalue weighted by Gasteiger charge is 2.58. The van der Waals surface area contributed by atoms with E-state index in [0.717, 1.165) is 0 Å². The van der Waals surface area contributed by atoms with Crippen LogP contribution in [-0.4, -0.2) is 37.8 Å². The van der Waals surface area contributed by atoms with Crippen molar-refractivity contribution in [2.45, 2.75) is 24.6 Å². The summed E-state index contributed by atoms with van der Waals surface area (Å²) in [6.07, 6.45) is -15.2. The Kier molecular flexibility index (Phi) is 2.96. The average Bonchev–Trinajstić information content (AvgIpc) is 2.64. The SMILES string of the molecule is FC(F)(F)C(OCC1CO1)C(F)(F)F. The fraction of sp³-hybridized carbons (Fsp3) is 1.00. The van der Waals surface area contributed by atoms with Crippen molar-refractivity contribution in [2.24, 2.45) is 0 Å². The van der Waals surface area contributed by atoms with E-state index < -0.39 is 31.2 Å². The first kappa shape index (κ1) is 11.6. The molecule has 0 aromatic heterocycles. The fourth-order valence-corrected chi connectivity index (χ4v) is 0.742. The van der Waals surface area contributed by atoms with E-state index in [1.807, 2.05) is 0 Å². The van der Waals surface area contributed by atoms with Crippen LogP contribution in [0.1, 0.15) is 0 Å². The molecule has 0 aliphatic carbocycles. The molecule has 0 bridgehead atoms. The highest BCUT2D eigenvalue weighted by molar-refractivity contribution is 4.78. The molecule has 1 saturated heterocycles. The molecule has 1 rings (SSSR count). The van der Waals surface area contributed by atoms with Crippen LogP contribution < -0.4 is 0 Å². The molecular weight excluding hydrogens is 218 g/mol. The highest BCUT2D eigenvalue weighted by Crippen LogP contribution is 2.36. The van der Waals surface area contributed by atoms with Gasteiger partial charge in [-0.05, 0) is 0 Å². The standard InChI is InChI=1S/C6H6F6O2/c7-5(8,9)4(6(10,11)12)14-2-3-1-13-3/h3-4H,1-2H2. The summed E-state index contributed by atoms with van der Waals surface area (Å²) in [7, 11) is 0. The van der Waals surface area contributed by atoms with Gasteiger partial charge in [-0.1, -0.05) is 0 Å². The maximum Gasteiger partial charge on any atom is 0.423 e. The lowest BCUT2D eigenvalue weighted by Crippen LogP contribution is -2.44. The van der Waals surface area contributed by atoms with Gasteiger partial charge in [-0.15, -0.1) is 0 Å². The molecule has 1 heterocycles. The number of hydrogen-bond acceptors (Lipinski definition) is 2. The van der Waals surface area contributed by atoms with E-state index in [2.05, 4.69) is 9.47 Å². The molecule has 0 aromatic carbocycles. The van der Waals surface area contributed by atoms with Gasteiger partial charge in [0.05, 0.1) is 13.2 Å². The number of ether oxygens (including phenoxy) is 2. The minimum atomic E-state index is -5.44. The summed E-state index contributed by atoms with van der Waals surface area (Å²) in [4.78, 5) is 0. The van der Waals surface area contributed by atoms with Gasteiger partial charge in [0.1, 0.15) is 6.10 Å². The van der Waals surface area contributed by atoms with Crippen LogP contribution in [0.25, 0.3) is 0 Å². The Hall–Kier alpha value is -0.500. The smallest absolute Gasteiger partial charge is 0.371 e. The second-order valence-corrected chi connectivity index (χ2v) is 2.75. The van der Waals surface area contributed by atoms with Gasteiger partial charge in [0.15, 0.2) is 0 Å². The van der Waals surface area contributed by atoms with Crippen LogP contribution >= 0.6 is 0 Å². The Morgan fingerprint density at radius 2 is 1.57 bits per heavy atom. The zero-order chi connectivity index (χ0) is 11.0. The second kappa shape index (κ2) is 3.58. The van der Waals surface area contributed by atoms with Gasteiger partial charge in [-0.3, -0.25) is 0 Å². The molecule has 0 N–H and O–H groups in total. The van der Waals surface area contributed by atoms with Crippen LogP contribution in [0.2, 0.25) is 0 Å². The molecule has 0 radical (unpaired) electrons. The van der Waals surface area contributed by atoms with Crippen LogP contribution in [0.4, 0.5) is 26.3 Å². The molecule has 0 saturated carbocycles. The normalized spacial score (nSPS) is 22.9. The van der Waals surface area contributed by atoms with Crippen LogP contribution in [0, 0.1) is 0 Å². The van der Waals surface area contributed by atoms with E-state index in [9.17, 15) is 26.3 Å².